The van der Waals surface area contributed by atoms with Crippen LogP contribution >= 0.6 is 0 Å². The van der Waals surface area contributed by atoms with Gasteiger partial charge in [0.2, 0.25) is 0 Å². The maximum absolute atomic E-state index is 5.81. The van der Waals surface area contributed by atoms with Crippen LogP contribution in [0.3, 0.4) is 0 Å². The molecule has 2 aromatic rings. The number of hydrogen-bond donors (Lipinski definition) is 1. The molecule has 0 saturated heterocycles. The molecule has 0 aliphatic rings. The number of aromatic nitrogens is 1. The van der Waals surface area contributed by atoms with Gasteiger partial charge in [-0.1, -0.05) is 19.9 Å². The Morgan fingerprint density at radius 3 is 2.62 bits per heavy atom. The van der Waals surface area contributed by atoms with Crippen LogP contribution in [0.2, 0.25) is 0 Å². The second-order valence-electron chi connectivity index (χ2n) is 6.90. The number of nitrogens with one attached hydrogen (secondary N) is 1. The third-order valence-electron chi connectivity index (χ3n) is 3.42. The molecule has 0 bridgehead atoms. The minimum Gasteiger partial charge on any atom is -0.374 e. The first kappa shape index (κ1) is 16.1. The van der Waals surface area contributed by atoms with Crippen LogP contribution in [0.1, 0.15) is 40.2 Å². The first-order valence-corrected chi connectivity index (χ1v) is 7.80. The Hall–Kier alpha value is -1.32. The zero-order valence-electron chi connectivity index (χ0n) is 13.9. The molecule has 1 aromatic heterocycles. The summed E-state index contributed by atoms with van der Waals surface area (Å²) in [5.74, 6) is 0. The summed E-state index contributed by atoms with van der Waals surface area (Å²) in [6, 6.07) is 9.39. The van der Waals surface area contributed by atoms with E-state index >= 15 is 0 Å². The molecule has 0 aliphatic heterocycles. The summed E-state index contributed by atoms with van der Waals surface area (Å²) >= 11 is 0. The van der Waals surface area contributed by atoms with E-state index in [1.54, 1.807) is 0 Å². The summed E-state index contributed by atoms with van der Waals surface area (Å²) in [5, 5.41) is 4.76. The minimum absolute atomic E-state index is 0.0708. The van der Waals surface area contributed by atoms with E-state index in [0.29, 0.717) is 6.04 Å². The van der Waals surface area contributed by atoms with Crippen LogP contribution < -0.4 is 5.32 Å². The average Bonchev–Trinajstić information content (AvgIpc) is 2.77. The molecule has 116 valence electrons. The molecular weight excluding hydrogens is 260 g/mol. The zero-order valence-corrected chi connectivity index (χ0v) is 13.9. The lowest BCUT2D eigenvalue weighted by atomic mass is 10.1. The van der Waals surface area contributed by atoms with Gasteiger partial charge >= 0.3 is 0 Å². The van der Waals surface area contributed by atoms with Crippen molar-refractivity contribution in [3.63, 3.8) is 0 Å². The normalized spacial score (nSPS) is 12.5. The summed E-state index contributed by atoms with van der Waals surface area (Å²) in [7, 11) is 0. The van der Waals surface area contributed by atoms with Crippen LogP contribution in [-0.4, -0.2) is 22.8 Å². The lowest BCUT2D eigenvalue weighted by Crippen LogP contribution is -2.22. The van der Waals surface area contributed by atoms with Crippen LogP contribution in [0.5, 0.6) is 0 Å². The van der Waals surface area contributed by atoms with Crippen LogP contribution in [0, 0.1) is 0 Å². The van der Waals surface area contributed by atoms with E-state index in [-0.39, 0.29) is 5.60 Å². The van der Waals surface area contributed by atoms with E-state index in [1.807, 2.05) is 0 Å². The smallest absolute Gasteiger partial charge is 0.0652 e. The highest BCUT2D eigenvalue weighted by atomic mass is 16.5. The number of benzene rings is 1. The average molecular weight is 288 g/mol. The highest BCUT2D eigenvalue weighted by Gasteiger charge is 2.10. The second-order valence-corrected chi connectivity index (χ2v) is 6.90. The predicted molar refractivity (Wildman–Crippen MR) is 89.6 cm³/mol. The van der Waals surface area contributed by atoms with Gasteiger partial charge in [-0.15, -0.1) is 0 Å². The summed E-state index contributed by atoms with van der Waals surface area (Å²) in [6.45, 7) is 13.2. The van der Waals surface area contributed by atoms with Crippen LogP contribution in [0.25, 0.3) is 10.9 Å². The number of nitrogens with zero attached hydrogens (tertiary/aromatic N) is 1. The standard InChI is InChI=1S/C18H28N2O/c1-14(2)19-13-15-6-7-17-16(12-15)8-9-20(17)10-11-21-18(3,4)5/h6-9,12,14,19H,10-11,13H2,1-5H3. The van der Waals surface area contributed by atoms with Crippen molar-refractivity contribution >= 4 is 10.9 Å². The molecule has 0 atom stereocenters. The first-order chi connectivity index (χ1) is 9.85. The van der Waals surface area contributed by atoms with E-state index < -0.39 is 0 Å². The third-order valence-corrected chi connectivity index (χ3v) is 3.42. The summed E-state index contributed by atoms with van der Waals surface area (Å²) < 4.78 is 8.07. The Morgan fingerprint density at radius 1 is 1.19 bits per heavy atom. The predicted octanol–water partition coefficient (Wildman–Crippen LogP) is 3.95. The van der Waals surface area contributed by atoms with Gasteiger partial charge < -0.3 is 14.6 Å². The molecule has 0 unspecified atom stereocenters. The van der Waals surface area contributed by atoms with Crippen molar-refractivity contribution in [2.45, 2.75) is 59.4 Å². The fourth-order valence-corrected chi connectivity index (χ4v) is 2.33. The van der Waals surface area contributed by atoms with Gasteiger partial charge in [-0.3, -0.25) is 0 Å². The highest BCUT2D eigenvalue weighted by Crippen LogP contribution is 2.18. The van der Waals surface area contributed by atoms with Crippen molar-refractivity contribution in [2.75, 3.05) is 6.61 Å². The monoisotopic (exact) mass is 288 g/mol. The topological polar surface area (TPSA) is 26.2 Å². The zero-order chi connectivity index (χ0) is 15.5. The lowest BCUT2D eigenvalue weighted by molar-refractivity contribution is -0.00644. The molecule has 21 heavy (non-hydrogen) atoms. The van der Waals surface area contributed by atoms with Gasteiger partial charge in [-0.05, 0) is 49.9 Å². The number of hydrogen-bond acceptors (Lipinski definition) is 2. The van der Waals surface area contributed by atoms with Crippen molar-refractivity contribution in [2.24, 2.45) is 0 Å². The van der Waals surface area contributed by atoms with Gasteiger partial charge in [0.15, 0.2) is 0 Å². The van der Waals surface area contributed by atoms with Gasteiger partial charge in [0, 0.05) is 30.8 Å². The summed E-state index contributed by atoms with van der Waals surface area (Å²) in [4.78, 5) is 0. The van der Waals surface area contributed by atoms with E-state index in [0.717, 1.165) is 19.7 Å². The van der Waals surface area contributed by atoms with Crippen LogP contribution in [0.15, 0.2) is 30.5 Å². The second kappa shape index (κ2) is 6.63. The summed E-state index contributed by atoms with van der Waals surface area (Å²) in [6.07, 6.45) is 2.15. The van der Waals surface area contributed by atoms with Crippen LogP contribution in [0.4, 0.5) is 0 Å². The van der Waals surface area contributed by atoms with Gasteiger partial charge in [-0.2, -0.15) is 0 Å². The van der Waals surface area contributed by atoms with Crippen molar-refractivity contribution in [3.8, 4) is 0 Å². The molecule has 3 heteroatoms. The van der Waals surface area contributed by atoms with E-state index in [4.69, 9.17) is 4.74 Å². The fraction of sp³-hybridized carbons (Fsp3) is 0.556. The quantitative estimate of drug-likeness (QED) is 0.871. The third kappa shape index (κ3) is 4.87. The van der Waals surface area contributed by atoms with Gasteiger partial charge in [0.1, 0.15) is 0 Å². The molecular formula is C18H28N2O. The Kier molecular flexibility index (Phi) is 5.07. The molecule has 0 fully saturated rings. The Bertz CT molecular complexity index is 578. The van der Waals surface area contributed by atoms with Crippen molar-refractivity contribution < 1.29 is 4.74 Å². The van der Waals surface area contributed by atoms with E-state index in [2.05, 4.69) is 75.0 Å². The SMILES string of the molecule is CC(C)NCc1ccc2c(ccn2CCOC(C)(C)C)c1. The van der Waals surface area contributed by atoms with Crippen LogP contribution in [-0.2, 0) is 17.8 Å². The maximum Gasteiger partial charge on any atom is 0.0652 e. The maximum atomic E-state index is 5.81. The Morgan fingerprint density at radius 2 is 1.95 bits per heavy atom. The van der Waals surface area contributed by atoms with Crippen molar-refractivity contribution in [1.29, 1.82) is 0 Å². The number of rotatable bonds is 6. The molecule has 1 heterocycles. The molecule has 0 amide bonds. The molecule has 1 aromatic carbocycles. The molecule has 2 rings (SSSR count). The molecule has 0 aliphatic carbocycles. The molecule has 3 nitrogen and oxygen atoms in total. The van der Waals surface area contributed by atoms with Gasteiger partial charge in [0.25, 0.3) is 0 Å². The summed E-state index contributed by atoms with van der Waals surface area (Å²) in [5.41, 5.74) is 2.54. The van der Waals surface area contributed by atoms with Gasteiger partial charge in [-0.25, -0.2) is 0 Å². The molecule has 0 saturated carbocycles. The van der Waals surface area contributed by atoms with E-state index in [9.17, 15) is 0 Å². The molecule has 0 radical (unpaired) electrons. The fourth-order valence-electron chi connectivity index (χ4n) is 2.33. The number of fused-ring (bicyclic) bond motifs is 1. The Balaban J connectivity index is 2.03. The first-order valence-electron chi connectivity index (χ1n) is 7.80. The largest absolute Gasteiger partial charge is 0.374 e. The highest BCUT2D eigenvalue weighted by molar-refractivity contribution is 5.80. The van der Waals surface area contributed by atoms with Gasteiger partial charge in [0.05, 0.1) is 12.2 Å². The minimum atomic E-state index is -0.0708. The molecule has 1 N–H and O–H groups in total. The Labute approximate surface area is 128 Å². The van der Waals surface area contributed by atoms with Crippen molar-refractivity contribution in [3.05, 3.63) is 36.0 Å². The lowest BCUT2D eigenvalue weighted by Gasteiger charge is -2.19. The number of ether oxygens (including phenoxy) is 1. The van der Waals surface area contributed by atoms with Crippen molar-refractivity contribution in [1.82, 2.24) is 9.88 Å². The van der Waals surface area contributed by atoms with E-state index in [1.165, 1.54) is 16.5 Å². The molecule has 0 spiro atoms.